The average Bonchev–Trinajstić information content (AvgIpc) is 3.32. The summed E-state index contributed by atoms with van der Waals surface area (Å²) < 4.78 is 30.2. The third-order valence-electron chi connectivity index (χ3n) is 13.6. The number of nitrogens with one attached hydrogen (secondary N) is 1. The Hall–Kier alpha value is -1.51. The number of allylic oxidation sites excluding steroid dienone is 3. The van der Waals surface area contributed by atoms with Crippen LogP contribution in [0.5, 0.6) is 0 Å². The van der Waals surface area contributed by atoms with E-state index in [0.29, 0.717) is 23.9 Å². The van der Waals surface area contributed by atoms with Crippen molar-refractivity contribution >= 4 is 19.7 Å². The van der Waals surface area contributed by atoms with Crippen LogP contribution >= 0.6 is 7.82 Å². The molecule has 0 spiro atoms. The summed E-state index contributed by atoms with van der Waals surface area (Å²) in [6, 6.07) is -0.887. The van der Waals surface area contributed by atoms with Gasteiger partial charge in [-0.15, -0.1) is 0 Å². The van der Waals surface area contributed by atoms with Gasteiger partial charge in [-0.2, -0.15) is 0 Å². The van der Waals surface area contributed by atoms with Crippen LogP contribution in [0.1, 0.15) is 297 Å². The van der Waals surface area contributed by atoms with Crippen molar-refractivity contribution in [3.05, 3.63) is 24.3 Å². The molecule has 0 rings (SSSR count). The van der Waals surface area contributed by atoms with Gasteiger partial charge < -0.3 is 28.5 Å². The zero-order valence-electron chi connectivity index (χ0n) is 47.2. The third-order valence-corrected chi connectivity index (χ3v) is 14.6. The van der Waals surface area contributed by atoms with Gasteiger partial charge in [0.25, 0.3) is 7.82 Å². The van der Waals surface area contributed by atoms with E-state index in [0.717, 1.165) is 64.2 Å². The molecule has 0 aliphatic carbocycles. The molecule has 9 nitrogen and oxygen atoms in total. The van der Waals surface area contributed by atoms with Crippen LogP contribution < -0.4 is 10.2 Å². The van der Waals surface area contributed by atoms with E-state index in [4.69, 9.17) is 13.8 Å². The smallest absolute Gasteiger partial charge is 0.306 e. The number of nitrogens with zero attached hydrogens (tertiary/aromatic N) is 1. The lowest BCUT2D eigenvalue weighted by Crippen LogP contribution is -2.47. The Kier molecular flexibility index (Phi) is 49.9. The molecule has 0 aromatic heterocycles. The van der Waals surface area contributed by atoms with Crippen LogP contribution in [0.4, 0.5) is 0 Å². The Bertz CT molecular complexity index is 1250. The number of amides is 1. The number of phosphoric ester groups is 1. The molecule has 0 saturated carbocycles. The Morgan fingerprint density at radius 1 is 0.486 bits per heavy atom. The lowest BCUT2D eigenvalue weighted by molar-refractivity contribution is -0.870. The number of quaternary nitrogens is 1. The highest BCUT2D eigenvalue weighted by Gasteiger charge is 2.27. The molecule has 3 unspecified atom stereocenters. The summed E-state index contributed by atoms with van der Waals surface area (Å²) in [7, 11) is 1.19. The quantitative estimate of drug-likeness (QED) is 0.0212. The maximum atomic E-state index is 13.5. The minimum atomic E-state index is -4.69. The molecule has 3 atom stereocenters. The summed E-state index contributed by atoms with van der Waals surface area (Å²) in [4.78, 5) is 39.9. The van der Waals surface area contributed by atoms with Gasteiger partial charge in [0.15, 0.2) is 0 Å². The second kappa shape index (κ2) is 51.0. The van der Waals surface area contributed by atoms with Gasteiger partial charge in [-0.05, 0) is 57.4 Å². The highest BCUT2D eigenvalue weighted by Crippen LogP contribution is 2.38. The molecule has 414 valence electrons. The third kappa shape index (κ3) is 51.4. The van der Waals surface area contributed by atoms with Crippen molar-refractivity contribution in [2.45, 2.75) is 309 Å². The van der Waals surface area contributed by atoms with E-state index >= 15 is 0 Å². The predicted molar refractivity (Wildman–Crippen MR) is 298 cm³/mol. The highest BCUT2D eigenvalue weighted by atomic mass is 31.2. The summed E-state index contributed by atoms with van der Waals surface area (Å²) in [6.45, 7) is 6.86. The SMILES string of the molecule is CCCCCCCCC/C=C\CCCCCC(=O)OC(/C=C/CCCCCCCCCCC)C(COP(=O)([O-])OCC[N+](C)(C)C)NC(=O)CCCCCCCCCCCCCCCCCCCCC. The predicted octanol–water partition coefficient (Wildman–Crippen LogP) is 17.5. The second-order valence-corrected chi connectivity index (χ2v) is 23.3. The fourth-order valence-corrected chi connectivity index (χ4v) is 9.65. The molecule has 70 heavy (non-hydrogen) atoms. The van der Waals surface area contributed by atoms with Crippen molar-refractivity contribution < 1.29 is 37.3 Å². The second-order valence-electron chi connectivity index (χ2n) is 21.9. The molecule has 0 heterocycles. The number of rotatable bonds is 55. The number of hydrogen-bond donors (Lipinski definition) is 1. The molecular weight excluding hydrogens is 892 g/mol. The van der Waals surface area contributed by atoms with Gasteiger partial charge in [0.05, 0.1) is 33.8 Å². The number of phosphoric acid groups is 1. The fraction of sp³-hybridized carbons (Fsp3) is 0.900. The van der Waals surface area contributed by atoms with Gasteiger partial charge in [-0.1, -0.05) is 251 Å². The topological polar surface area (TPSA) is 114 Å². The van der Waals surface area contributed by atoms with E-state index in [9.17, 15) is 19.0 Å². The lowest BCUT2D eigenvalue weighted by atomic mass is 10.0. The van der Waals surface area contributed by atoms with Crippen LogP contribution in [-0.2, 0) is 27.9 Å². The van der Waals surface area contributed by atoms with E-state index in [-0.39, 0.29) is 31.5 Å². The Labute approximate surface area is 434 Å². The number of carbonyl (C=O) groups excluding carboxylic acids is 2. The van der Waals surface area contributed by atoms with Crippen molar-refractivity contribution in [2.75, 3.05) is 40.9 Å². The standard InChI is InChI=1S/C60H117N2O7P/c1-7-10-13-16-19-22-25-27-29-30-31-32-33-34-37-40-43-46-49-52-59(63)61-57(56-68-70(65,66)67-55-54-62(4,5)6)58(51-48-45-42-39-36-24-21-18-15-12-9-3)69-60(64)53-50-47-44-41-38-35-28-26-23-20-17-14-11-8-2/h35,38,48,51,57-58H,7-34,36-37,39-47,49-50,52-56H2,1-6H3,(H-,61,63,65,66)/b38-35-,51-48+. The summed E-state index contributed by atoms with van der Waals surface area (Å²) in [5, 5.41) is 3.03. The number of hydrogen-bond acceptors (Lipinski definition) is 7. The molecule has 0 bridgehead atoms. The van der Waals surface area contributed by atoms with Crippen LogP contribution in [0.3, 0.4) is 0 Å². The maximum absolute atomic E-state index is 13.5. The van der Waals surface area contributed by atoms with Gasteiger partial charge in [0, 0.05) is 12.8 Å². The van der Waals surface area contributed by atoms with Gasteiger partial charge in [0.1, 0.15) is 19.3 Å². The van der Waals surface area contributed by atoms with Crippen LogP contribution in [0.25, 0.3) is 0 Å². The first-order valence-corrected chi connectivity index (χ1v) is 31.6. The number of esters is 1. The van der Waals surface area contributed by atoms with Crippen molar-refractivity contribution in [3.63, 3.8) is 0 Å². The Morgan fingerprint density at radius 2 is 0.829 bits per heavy atom. The molecular formula is C60H117N2O7P. The molecule has 0 aromatic rings. The van der Waals surface area contributed by atoms with Crippen molar-refractivity contribution in [1.29, 1.82) is 0 Å². The first-order chi connectivity index (χ1) is 33.9. The van der Waals surface area contributed by atoms with E-state index in [1.54, 1.807) is 0 Å². The van der Waals surface area contributed by atoms with Gasteiger partial charge in [-0.25, -0.2) is 0 Å². The summed E-state index contributed by atoms with van der Waals surface area (Å²) >= 11 is 0. The van der Waals surface area contributed by atoms with Gasteiger partial charge in [-0.3, -0.25) is 14.2 Å². The minimum absolute atomic E-state index is 0.0211. The van der Waals surface area contributed by atoms with Crippen LogP contribution in [0.2, 0.25) is 0 Å². The number of unbranched alkanes of at least 4 members (excludes halogenated alkanes) is 37. The van der Waals surface area contributed by atoms with E-state index in [1.807, 2.05) is 33.3 Å². The lowest BCUT2D eigenvalue weighted by Gasteiger charge is -2.30. The van der Waals surface area contributed by atoms with E-state index < -0.39 is 20.0 Å². The summed E-state index contributed by atoms with van der Waals surface area (Å²) in [5.41, 5.74) is 0. The monoisotopic (exact) mass is 1010 g/mol. The zero-order chi connectivity index (χ0) is 51.5. The first-order valence-electron chi connectivity index (χ1n) is 30.1. The zero-order valence-corrected chi connectivity index (χ0v) is 48.1. The normalized spacial score (nSPS) is 13.9. The molecule has 0 fully saturated rings. The van der Waals surface area contributed by atoms with Crippen LogP contribution in [0.15, 0.2) is 24.3 Å². The number of carbonyl (C=O) groups is 2. The minimum Gasteiger partial charge on any atom is -0.756 e. The molecule has 1 amide bonds. The molecule has 0 saturated heterocycles. The van der Waals surface area contributed by atoms with Gasteiger partial charge >= 0.3 is 5.97 Å². The van der Waals surface area contributed by atoms with Crippen molar-refractivity contribution in [3.8, 4) is 0 Å². The molecule has 0 aliphatic rings. The number of ether oxygens (including phenoxy) is 1. The Morgan fingerprint density at radius 3 is 1.23 bits per heavy atom. The maximum Gasteiger partial charge on any atom is 0.306 e. The van der Waals surface area contributed by atoms with E-state index in [2.05, 4.69) is 38.2 Å². The molecule has 0 aliphatic heterocycles. The molecule has 0 aromatic carbocycles. The van der Waals surface area contributed by atoms with Crippen LogP contribution in [0, 0.1) is 0 Å². The largest absolute Gasteiger partial charge is 0.756 e. The van der Waals surface area contributed by atoms with Gasteiger partial charge in [0.2, 0.25) is 5.91 Å². The highest BCUT2D eigenvalue weighted by molar-refractivity contribution is 7.45. The summed E-state index contributed by atoms with van der Waals surface area (Å²) in [5.74, 6) is -0.546. The molecule has 10 heteroatoms. The first kappa shape index (κ1) is 68.5. The summed E-state index contributed by atoms with van der Waals surface area (Å²) in [6.07, 6.45) is 58.6. The fourth-order valence-electron chi connectivity index (χ4n) is 8.93. The Balaban J connectivity index is 5.22. The average molecular weight is 1010 g/mol. The number of likely N-dealkylation sites (N-methyl/N-ethyl adjacent to an activating group) is 1. The van der Waals surface area contributed by atoms with Crippen molar-refractivity contribution in [2.24, 2.45) is 0 Å². The van der Waals surface area contributed by atoms with Crippen molar-refractivity contribution in [1.82, 2.24) is 5.32 Å². The van der Waals surface area contributed by atoms with Crippen LogP contribution in [-0.4, -0.2) is 69.4 Å². The molecule has 0 radical (unpaired) electrons. The van der Waals surface area contributed by atoms with E-state index in [1.165, 1.54) is 193 Å². The molecule has 1 N–H and O–H groups in total.